The number of hydrogen-bond acceptors (Lipinski definition) is 4. The number of aliphatic hydroxyl groups is 1. The maximum atomic E-state index is 12.2. The van der Waals surface area contributed by atoms with Crippen LogP contribution in [0.3, 0.4) is 0 Å². The Kier molecular flexibility index (Phi) is 4.55. The summed E-state index contributed by atoms with van der Waals surface area (Å²) in [6.07, 6.45) is 4.31. The number of para-hydroxylation sites is 1. The third-order valence-electron chi connectivity index (χ3n) is 4.66. The number of H-pyrrole nitrogens is 1. The van der Waals surface area contributed by atoms with E-state index in [1.54, 1.807) is 6.07 Å². The normalized spacial score (nSPS) is 23.0. The van der Waals surface area contributed by atoms with Gasteiger partial charge in [0.05, 0.1) is 16.9 Å². The van der Waals surface area contributed by atoms with Gasteiger partial charge in [-0.15, -0.1) is 0 Å². The van der Waals surface area contributed by atoms with E-state index in [2.05, 4.69) is 15.3 Å². The Morgan fingerprint density at radius 2 is 2.23 bits per heavy atom. The van der Waals surface area contributed by atoms with Crippen molar-refractivity contribution in [2.45, 2.75) is 44.7 Å². The maximum Gasteiger partial charge on any atom is 0.258 e. The van der Waals surface area contributed by atoms with Gasteiger partial charge in [-0.05, 0) is 44.2 Å². The molecule has 118 valence electrons. The second kappa shape index (κ2) is 6.58. The largest absolute Gasteiger partial charge is 0.396 e. The van der Waals surface area contributed by atoms with Crippen LogP contribution in [-0.2, 0) is 0 Å². The van der Waals surface area contributed by atoms with Crippen molar-refractivity contribution in [2.75, 3.05) is 6.61 Å². The van der Waals surface area contributed by atoms with E-state index in [1.165, 1.54) is 6.42 Å². The number of rotatable bonds is 5. The SMILES string of the molecule is CC(NC1CCCC1CCO)c1nc2ccccc2c(=O)[nH]1. The Morgan fingerprint density at radius 1 is 1.41 bits per heavy atom. The summed E-state index contributed by atoms with van der Waals surface area (Å²) >= 11 is 0. The van der Waals surface area contributed by atoms with Crippen LogP contribution in [0.4, 0.5) is 0 Å². The summed E-state index contributed by atoms with van der Waals surface area (Å²) in [5.74, 6) is 1.19. The molecule has 0 spiro atoms. The van der Waals surface area contributed by atoms with E-state index in [0.29, 0.717) is 23.2 Å². The number of nitrogens with zero attached hydrogens (tertiary/aromatic N) is 1. The summed E-state index contributed by atoms with van der Waals surface area (Å²) in [6, 6.07) is 7.77. The van der Waals surface area contributed by atoms with Crippen molar-refractivity contribution >= 4 is 10.9 Å². The van der Waals surface area contributed by atoms with Gasteiger partial charge in [0.1, 0.15) is 5.82 Å². The summed E-state index contributed by atoms with van der Waals surface area (Å²) in [4.78, 5) is 19.6. The molecule has 1 aliphatic carbocycles. The predicted octanol–water partition coefficient (Wildman–Crippen LogP) is 2.12. The fourth-order valence-corrected chi connectivity index (χ4v) is 3.48. The summed E-state index contributed by atoms with van der Waals surface area (Å²) in [5, 5.41) is 13.4. The lowest BCUT2D eigenvalue weighted by atomic mass is 9.99. The van der Waals surface area contributed by atoms with Gasteiger partial charge in [0.2, 0.25) is 0 Å². The molecule has 5 heteroatoms. The number of hydrogen-bond donors (Lipinski definition) is 3. The van der Waals surface area contributed by atoms with Crippen LogP contribution in [0.15, 0.2) is 29.1 Å². The highest BCUT2D eigenvalue weighted by atomic mass is 16.3. The molecule has 3 atom stereocenters. The first-order valence-electron chi connectivity index (χ1n) is 8.05. The van der Waals surface area contributed by atoms with E-state index in [-0.39, 0.29) is 18.2 Å². The summed E-state index contributed by atoms with van der Waals surface area (Å²) < 4.78 is 0. The molecule has 1 heterocycles. The Labute approximate surface area is 129 Å². The molecule has 0 radical (unpaired) electrons. The van der Waals surface area contributed by atoms with Crippen LogP contribution in [0.1, 0.15) is 44.5 Å². The van der Waals surface area contributed by atoms with Gasteiger partial charge in [-0.2, -0.15) is 0 Å². The molecule has 3 unspecified atom stereocenters. The van der Waals surface area contributed by atoms with E-state index in [9.17, 15) is 4.79 Å². The molecule has 0 aliphatic heterocycles. The lowest BCUT2D eigenvalue weighted by Gasteiger charge is -2.24. The number of benzene rings is 1. The lowest BCUT2D eigenvalue weighted by molar-refractivity contribution is 0.237. The highest BCUT2D eigenvalue weighted by molar-refractivity contribution is 5.77. The molecule has 1 aliphatic rings. The van der Waals surface area contributed by atoms with Crippen molar-refractivity contribution in [3.63, 3.8) is 0 Å². The summed E-state index contributed by atoms with van der Waals surface area (Å²) in [6.45, 7) is 2.27. The average molecular weight is 301 g/mol. The number of aliphatic hydroxyl groups excluding tert-OH is 1. The second-order valence-corrected chi connectivity index (χ2v) is 6.17. The van der Waals surface area contributed by atoms with Crippen molar-refractivity contribution in [3.05, 3.63) is 40.4 Å². The van der Waals surface area contributed by atoms with Gasteiger partial charge >= 0.3 is 0 Å². The molecular weight excluding hydrogens is 278 g/mol. The molecule has 1 aromatic heterocycles. The van der Waals surface area contributed by atoms with E-state index in [0.717, 1.165) is 24.8 Å². The van der Waals surface area contributed by atoms with Gasteiger partial charge in [-0.3, -0.25) is 4.79 Å². The Morgan fingerprint density at radius 3 is 3.05 bits per heavy atom. The Bertz CT molecular complexity index is 698. The molecule has 5 nitrogen and oxygen atoms in total. The average Bonchev–Trinajstić information content (AvgIpc) is 2.95. The van der Waals surface area contributed by atoms with Gasteiger partial charge in [0, 0.05) is 12.6 Å². The van der Waals surface area contributed by atoms with E-state index >= 15 is 0 Å². The second-order valence-electron chi connectivity index (χ2n) is 6.17. The minimum absolute atomic E-state index is 0.0124. The zero-order valence-electron chi connectivity index (χ0n) is 12.9. The molecule has 1 saturated carbocycles. The van der Waals surface area contributed by atoms with Gasteiger partial charge in [-0.1, -0.05) is 18.6 Å². The van der Waals surface area contributed by atoms with E-state index in [4.69, 9.17) is 5.11 Å². The third kappa shape index (κ3) is 3.05. The van der Waals surface area contributed by atoms with Crippen LogP contribution in [0.2, 0.25) is 0 Å². The monoisotopic (exact) mass is 301 g/mol. The summed E-state index contributed by atoms with van der Waals surface area (Å²) in [5.41, 5.74) is 0.640. The number of nitrogens with one attached hydrogen (secondary N) is 2. The van der Waals surface area contributed by atoms with Gasteiger partial charge < -0.3 is 15.4 Å². The van der Waals surface area contributed by atoms with Gasteiger partial charge in [0.25, 0.3) is 5.56 Å². The highest BCUT2D eigenvalue weighted by Crippen LogP contribution is 2.29. The molecule has 3 rings (SSSR count). The number of aromatic amines is 1. The third-order valence-corrected chi connectivity index (χ3v) is 4.66. The molecule has 0 saturated heterocycles. The smallest absolute Gasteiger partial charge is 0.258 e. The number of fused-ring (bicyclic) bond motifs is 1. The minimum atomic E-state index is -0.0902. The van der Waals surface area contributed by atoms with E-state index < -0.39 is 0 Å². The van der Waals surface area contributed by atoms with Crippen LogP contribution in [0, 0.1) is 5.92 Å². The summed E-state index contributed by atoms with van der Waals surface area (Å²) in [7, 11) is 0. The van der Waals surface area contributed by atoms with Crippen LogP contribution in [-0.4, -0.2) is 27.7 Å². The Hall–Kier alpha value is -1.72. The van der Waals surface area contributed by atoms with Crippen molar-refractivity contribution < 1.29 is 5.11 Å². The molecular formula is C17H23N3O2. The molecule has 0 amide bonds. The molecule has 22 heavy (non-hydrogen) atoms. The van der Waals surface area contributed by atoms with Crippen molar-refractivity contribution in [2.24, 2.45) is 5.92 Å². The lowest BCUT2D eigenvalue weighted by Crippen LogP contribution is -2.36. The first-order valence-corrected chi connectivity index (χ1v) is 8.05. The fourth-order valence-electron chi connectivity index (χ4n) is 3.48. The van der Waals surface area contributed by atoms with E-state index in [1.807, 2.05) is 25.1 Å². The van der Waals surface area contributed by atoms with Gasteiger partial charge in [0.15, 0.2) is 0 Å². The molecule has 2 aromatic rings. The topological polar surface area (TPSA) is 78.0 Å². The van der Waals surface area contributed by atoms with Crippen LogP contribution >= 0.6 is 0 Å². The maximum absolute atomic E-state index is 12.2. The first kappa shape index (κ1) is 15.2. The van der Waals surface area contributed by atoms with Crippen LogP contribution in [0.25, 0.3) is 10.9 Å². The van der Waals surface area contributed by atoms with Crippen molar-refractivity contribution in [3.8, 4) is 0 Å². The van der Waals surface area contributed by atoms with Crippen molar-refractivity contribution in [1.82, 2.24) is 15.3 Å². The van der Waals surface area contributed by atoms with Crippen molar-refractivity contribution in [1.29, 1.82) is 0 Å². The minimum Gasteiger partial charge on any atom is -0.396 e. The quantitative estimate of drug-likeness (QED) is 0.790. The molecule has 0 bridgehead atoms. The highest BCUT2D eigenvalue weighted by Gasteiger charge is 2.28. The predicted molar refractivity (Wildman–Crippen MR) is 86.7 cm³/mol. The zero-order chi connectivity index (χ0) is 15.5. The molecule has 1 aromatic carbocycles. The zero-order valence-corrected chi connectivity index (χ0v) is 12.9. The number of aromatic nitrogens is 2. The molecule has 3 N–H and O–H groups in total. The Balaban J connectivity index is 1.80. The molecule has 1 fully saturated rings. The standard InChI is InChI=1S/C17H23N3O2/c1-11(18-14-8-4-5-12(14)9-10-21)16-19-15-7-3-2-6-13(15)17(22)20-16/h2-3,6-7,11-12,14,18,21H,4-5,8-10H2,1H3,(H,19,20,22). The fraction of sp³-hybridized carbons (Fsp3) is 0.529. The van der Waals surface area contributed by atoms with Crippen LogP contribution in [0.5, 0.6) is 0 Å². The first-order chi connectivity index (χ1) is 10.7. The van der Waals surface area contributed by atoms with Crippen LogP contribution < -0.4 is 10.9 Å². The van der Waals surface area contributed by atoms with Gasteiger partial charge in [-0.25, -0.2) is 4.98 Å².